The van der Waals surface area contributed by atoms with Crippen molar-refractivity contribution in [3.63, 3.8) is 0 Å². The standard InChI is InChI=1S/C13H13F4NO/c14-11(15)13(16,17)12(19)18-10-6-5-8-3-1-2-4-9(8)7-10/h1-4,10-11H,5-7H2,(H,18,19). The summed E-state index contributed by atoms with van der Waals surface area (Å²) in [6, 6.07) is 6.95. The highest BCUT2D eigenvalue weighted by Gasteiger charge is 2.49. The molecule has 0 aromatic heterocycles. The maximum absolute atomic E-state index is 12.8. The number of hydrogen-bond donors (Lipinski definition) is 1. The van der Waals surface area contributed by atoms with Crippen LogP contribution >= 0.6 is 0 Å². The Bertz CT molecular complexity index is 475. The lowest BCUT2D eigenvalue weighted by atomic mass is 9.88. The number of carbonyl (C=O) groups excluding carboxylic acids is 1. The zero-order chi connectivity index (χ0) is 14.0. The van der Waals surface area contributed by atoms with Gasteiger partial charge in [-0.05, 0) is 30.4 Å². The summed E-state index contributed by atoms with van der Waals surface area (Å²) in [5.41, 5.74) is 2.06. The number of carbonyl (C=O) groups is 1. The molecule has 2 rings (SSSR count). The van der Waals surface area contributed by atoms with Gasteiger partial charge in [0.25, 0.3) is 5.91 Å². The molecule has 0 aliphatic heterocycles. The molecule has 0 saturated heterocycles. The maximum Gasteiger partial charge on any atom is 0.383 e. The Morgan fingerprint density at radius 3 is 2.53 bits per heavy atom. The number of alkyl halides is 4. The molecule has 19 heavy (non-hydrogen) atoms. The average molecular weight is 275 g/mol. The third kappa shape index (κ3) is 2.88. The minimum absolute atomic E-state index is 0.390. The Morgan fingerprint density at radius 2 is 1.89 bits per heavy atom. The molecule has 6 heteroatoms. The minimum Gasteiger partial charge on any atom is -0.348 e. The summed E-state index contributed by atoms with van der Waals surface area (Å²) in [4.78, 5) is 11.1. The van der Waals surface area contributed by atoms with Crippen molar-refractivity contribution < 1.29 is 22.4 Å². The fraction of sp³-hybridized carbons (Fsp3) is 0.462. The number of benzene rings is 1. The van der Waals surface area contributed by atoms with Gasteiger partial charge in [0.15, 0.2) is 0 Å². The van der Waals surface area contributed by atoms with E-state index >= 15 is 0 Å². The fourth-order valence-electron chi connectivity index (χ4n) is 2.20. The Labute approximate surface area is 107 Å². The van der Waals surface area contributed by atoms with Gasteiger partial charge in [0.1, 0.15) is 0 Å². The summed E-state index contributed by atoms with van der Waals surface area (Å²) >= 11 is 0. The number of fused-ring (bicyclic) bond motifs is 1. The van der Waals surface area contributed by atoms with Crippen molar-refractivity contribution in [2.24, 2.45) is 0 Å². The molecule has 2 nitrogen and oxygen atoms in total. The molecule has 104 valence electrons. The van der Waals surface area contributed by atoms with Gasteiger partial charge in [-0.15, -0.1) is 0 Å². The molecule has 0 spiro atoms. The van der Waals surface area contributed by atoms with Gasteiger partial charge in [-0.25, -0.2) is 8.78 Å². The maximum atomic E-state index is 12.8. The average Bonchev–Trinajstić information content (AvgIpc) is 2.38. The van der Waals surface area contributed by atoms with Crippen LogP contribution in [0.25, 0.3) is 0 Å². The molecule has 0 bridgehead atoms. The van der Waals surface area contributed by atoms with Gasteiger partial charge in [0.05, 0.1) is 0 Å². The van der Waals surface area contributed by atoms with E-state index in [9.17, 15) is 22.4 Å². The highest BCUT2D eigenvalue weighted by atomic mass is 19.3. The third-order valence-corrected chi connectivity index (χ3v) is 3.26. The summed E-state index contributed by atoms with van der Waals surface area (Å²) in [5.74, 6) is -6.52. The topological polar surface area (TPSA) is 29.1 Å². The lowest BCUT2D eigenvalue weighted by molar-refractivity contribution is -0.170. The van der Waals surface area contributed by atoms with Crippen LogP contribution in [0.4, 0.5) is 17.6 Å². The molecule has 1 aliphatic rings. The van der Waals surface area contributed by atoms with E-state index in [1.165, 1.54) is 0 Å². The Kier molecular flexibility index (Phi) is 3.78. The summed E-state index contributed by atoms with van der Waals surface area (Å²) in [5, 5.41) is 2.01. The lowest BCUT2D eigenvalue weighted by Gasteiger charge is -2.27. The number of hydrogen-bond acceptors (Lipinski definition) is 1. The number of amides is 1. The Hall–Kier alpha value is -1.59. The van der Waals surface area contributed by atoms with Crippen LogP contribution < -0.4 is 5.32 Å². The monoisotopic (exact) mass is 275 g/mol. The molecule has 1 aromatic rings. The fourth-order valence-corrected chi connectivity index (χ4v) is 2.20. The number of nitrogens with one attached hydrogen (secondary N) is 1. The van der Waals surface area contributed by atoms with E-state index in [4.69, 9.17) is 0 Å². The van der Waals surface area contributed by atoms with Crippen LogP contribution in [0.2, 0.25) is 0 Å². The van der Waals surface area contributed by atoms with Gasteiger partial charge in [0.2, 0.25) is 0 Å². The molecule has 0 fully saturated rings. The van der Waals surface area contributed by atoms with Crippen molar-refractivity contribution in [2.45, 2.75) is 37.7 Å². The van der Waals surface area contributed by atoms with E-state index in [0.717, 1.165) is 11.1 Å². The van der Waals surface area contributed by atoms with Crippen LogP contribution in [0.1, 0.15) is 17.5 Å². The number of rotatable bonds is 3. The van der Waals surface area contributed by atoms with Crippen LogP contribution in [-0.2, 0) is 17.6 Å². The van der Waals surface area contributed by atoms with Gasteiger partial charge >= 0.3 is 12.3 Å². The van der Waals surface area contributed by atoms with Crippen molar-refractivity contribution in [1.82, 2.24) is 5.32 Å². The summed E-state index contributed by atoms with van der Waals surface area (Å²) in [7, 11) is 0. The smallest absolute Gasteiger partial charge is 0.348 e. The predicted octanol–water partition coefficient (Wildman–Crippen LogP) is 2.56. The zero-order valence-electron chi connectivity index (χ0n) is 10.0. The quantitative estimate of drug-likeness (QED) is 0.844. The Morgan fingerprint density at radius 1 is 1.26 bits per heavy atom. The highest BCUT2D eigenvalue weighted by molar-refractivity contribution is 5.84. The molecular formula is C13H13F4NO. The van der Waals surface area contributed by atoms with Crippen molar-refractivity contribution in [3.8, 4) is 0 Å². The Balaban J connectivity index is 2.01. The molecule has 1 aliphatic carbocycles. The first-order valence-electron chi connectivity index (χ1n) is 5.95. The minimum atomic E-state index is -4.63. The van der Waals surface area contributed by atoms with Crippen LogP contribution in [0, 0.1) is 0 Å². The molecular weight excluding hydrogens is 262 g/mol. The summed E-state index contributed by atoms with van der Waals surface area (Å²) < 4.78 is 49.7. The van der Waals surface area contributed by atoms with E-state index < -0.39 is 24.3 Å². The van der Waals surface area contributed by atoms with Gasteiger partial charge in [-0.2, -0.15) is 8.78 Å². The van der Waals surface area contributed by atoms with Gasteiger partial charge in [0, 0.05) is 6.04 Å². The van der Waals surface area contributed by atoms with E-state index in [1.807, 2.05) is 29.6 Å². The second kappa shape index (κ2) is 5.19. The first kappa shape index (κ1) is 13.8. The molecule has 1 atom stereocenters. The van der Waals surface area contributed by atoms with E-state index in [0.29, 0.717) is 19.3 Å². The molecule has 0 radical (unpaired) electrons. The van der Waals surface area contributed by atoms with E-state index in [1.54, 1.807) is 0 Å². The van der Waals surface area contributed by atoms with Crippen molar-refractivity contribution in [3.05, 3.63) is 35.4 Å². The van der Waals surface area contributed by atoms with Crippen molar-refractivity contribution >= 4 is 5.91 Å². The molecule has 1 N–H and O–H groups in total. The highest BCUT2D eigenvalue weighted by Crippen LogP contribution is 2.25. The zero-order valence-corrected chi connectivity index (χ0v) is 10.0. The van der Waals surface area contributed by atoms with E-state index in [-0.39, 0.29) is 0 Å². The van der Waals surface area contributed by atoms with Crippen molar-refractivity contribution in [2.75, 3.05) is 0 Å². The van der Waals surface area contributed by atoms with Gasteiger partial charge in [-0.1, -0.05) is 24.3 Å². The largest absolute Gasteiger partial charge is 0.383 e. The molecule has 1 unspecified atom stereocenters. The second-order valence-electron chi connectivity index (χ2n) is 4.61. The van der Waals surface area contributed by atoms with Crippen LogP contribution in [0.3, 0.4) is 0 Å². The molecule has 0 saturated carbocycles. The lowest BCUT2D eigenvalue weighted by Crippen LogP contribution is -2.50. The summed E-state index contributed by atoms with van der Waals surface area (Å²) in [6.45, 7) is 0. The third-order valence-electron chi connectivity index (χ3n) is 3.26. The molecule has 1 amide bonds. The van der Waals surface area contributed by atoms with Crippen LogP contribution in [-0.4, -0.2) is 24.3 Å². The normalized spacial score (nSPS) is 19.1. The first-order valence-corrected chi connectivity index (χ1v) is 5.95. The van der Waals surface area contributed by atoms with Crippen LogP contribution in [0.5, 0.6) is 0 Å². The van der Waals surface area contributed by atoms with Gasteiger partial charge < -0.3 is 5.32 Å². The van der Waals surface area contributed by atoms with E-state index in [2.05, 4.69) is 0 Å². The summed E-state index contributed by atoms with van der Waals surface area (Å²) in [6.07, 6.45) is -2.48. The number of aryl methyl sites for hydroxylation is 1. The molecule has 0 heterocycles. The second-order valence-corrected chi connectivity index (χ2v) is 4.61. The number of halogens is 4. The van der Waals surface area contributed by atoms with Crippen LogP contribution in [0.15, 0.2) is 24.3 Å². The SMILES string of the molecule is O=C(NC1CCc2ccccc2C1)C(F)(F)C(F)F. The van der Waals surface area contributed by atoms with Crippen molar-refractivity contribution in [1.29, 1.82) is 0 Å². The predicted molar refractivity (Wildman–Crippen MR) is 61.3 cm³/mol. The van der Waals surface area contributed by atoms with Gasteiger partial charge in [-0.3, -0.25) is 4.79 Å². The molecule has 1 aromatic carbocycles. The first-order chi connectivity index (χ1) is 8.91.